The number of halogens is 3. The van der Waals surface area contributed by atoms with Crippen LogP contribution < -0.4 is 0 Å². The van der Waals surface area contributed by atoms with E-state index in [1.807, 2.05) is 24.3 Å². The molecule has 1 aliphatic rings. The molecule has 2 aromatic rings. The van der Waals surface area contributed by atoms with Crippen molar-refractivity contribution in [1.29, 1.82) is 0 Å². The Bertz CT molecular complexity index is 837. The molecule has 0 aromatic heterocycles. The van der Waals surface area contributed by atoms with Crippen LogP contribution in [0.4, 0.5) is 0 Å². The van der Waals surface area contributed by atoms with Crippen LogP contribution in [0.2, 0.25) is 15.1 Å². The molecular weight excluding hydrogens is 365 g/mol. The van der Waals surface area contributed by atoms with Crippen molar-refractivity contribution in [3.63, 3.8) is 0 Å². The van der Waals surface area contributed by atoms with Gasteiger partial charge in [-0.1, -0.05) is 59.1 Å². The molecule has 0 aliphatic carbocycles. The SMILES string of the molecule is O=S(=O)(c1cc(Cl)c(Cl)cc1Cl)N1CCc2ccccc2C1. The second-order valence-electron chi connectivity index (χ2n) is 5.05. The van der Waals surface area contributed by atoms with E-state index in [0.717, 1.165) is 5.56 Å². The molecule has 7 heteroatoms. The summed E-state index contributed by atoms with van der Waals surface area (Å²) in [4.78, 5) is -0.0112. The average Bonchev–Trinajstić information content (AvgIpc) is 2.50. The van der Waals surface area contributed by atoms with Gasteiger partial charge in [0.1, 0.15) is 4.90 Å². The fourth-order valence-corrected chi connectivity index (χ4v) is 4.91. The fraction of sp³-hybridized carbons (Fsp3) is 0.200. The molecule has 0 saturated heterocycles. The van der Waals surface area contributed by atoms with Gasteiger partial charge in [0.2, 0.25) is 10.0 Å². The molecule has 0 bridgehead atoms. The predicted molar refractivity (Wildman–Crippen MR) is 89.2 cm³/mol. The summed E-state index contributed by atoms with van der Waals surface area (Å²) in [5.41, 5.74) is 2.18. The van der Waals surface area contributed by atoms with E-state index < -0.39 is 10.0 Å². The number of hydrogen-bond donors (Lipinski definition) is 0. The summed E-state index contributed by atoms with van der Waals surface area (Å²) in [5.74, 6) is 0. The lowest BCUT2D eigenvalue weighted by molar-refractivity contribution is 0.391. The van der Waals surface area contributed by atoms with Gasteiger partial charge in [-0.25, -0.2) is 8.42 Å². The Labute approximate surface area is 144 Å². The van der Waals surface area contributed by atoms with Crippen LogP contribution in [0, 0.1) is 0 Å². The summed E-state index contributed by atoms with van der Waals surface area (Å²) in [5, 5.41) is 0.477. The molecule has 3 nitrogen and oxygen atoms in total. The summed E-state index contributed by atoms with van der Waals surface area (Å²) >= 11 is 17.9. The molecule has 0 N–H and O–H groups in total. The van der Waals surface area contributed by atoms with Crippen molar-refractivity contribution in [3.05, 3.63) is 62.6 Å². The minimum atomic E-state index is -3.72. The highest BCUT2D eigenvalue weighted by molar-refractivity contribution is 7.89. The number of fused-ring (bicyclic) bond motifs is 1. The molecule has 0 saturated carbocycles. The number of nitrogens with zero attached hydrogens (tertiary/aromatic N) is 1. The van der Waals surface area contributed by atoms with E-state index in [1.54, 1.807) is 0 Å². The van der Waals surface area contributed by atoms with E-state index in [4.69, 9.17) is 34.8 Å². The van der Waals surface area contributed by atoms with Crippen LogP contribution in [-0.4, -0.2) is 19.3 Å². The summed E-state index contributed by atoms with van der Waals surface area (Å²) in [6.45, 7) is 0.741. The smallest absolute Gasteiger partial charge is 0.207 e. The zero-order valence-corrected chi connectivity index (χ0v) is 14.5. The van der Waals surface area contributed by atoms with Gasteiger partial charge in [0.25, 0.3) is 0 Å². The van der Waals surface area contributed by atoms with Crippen molar-refractivity contribution in [2.45, 2.75) is 17.9 Å². The molecule has 3 rings (SSSR count). The maximum Gasteiger partial charge on any atom is 0.244 e. The lowest BCUT2D eigenvalue weighted by Gasteiger charge is -2.28. The van der Waals surface area contributed by atoms with Crippen LogP contribution in [-0.2, 0) is 23.0 Å². The van der Waals surface area contributed by atoms with Gasteiger partial charge in [0.15, 0.2) is 0 Å². The van der Waals surface area contributed by atoms with Gasteiger partial charge < -0.3 is 0 Å². The first kappa shape index (κ1) is 16.1. The molecule has 0 amide bonds. The van der Waals surface area contributed by atoms with Gasteiger partial charge in [-0.15, -0.1) is 0 Å². The molecule has 0 radical (unpaired) electrons. The minimum Gasteiger partial charge on any atom is -0.207 e. The normalized spacial score (nSPS) is 15.6. The molecule has 0 unspecified atom stereocenters. The van der Waals surface area contributed by atoms with E-state index in [2.05, 4.69) is 0 Å². The van der Waals surface area contributed by atoms with E-state index in [1.165, 1.54) is 22.0 Å². The molecule has 1 heterocycles. The summed E-state index contributed by atoms with van der Waals surface area (Å²) in [6.07, 6.45) is 0.675. The molecular formula is C15H12Cl3NO2S. The number of benzene rings is 2. The zero-order valence-electron chi connectivity index (χ0n) is 11.4. The first-order valence-corrected chi connectivity index (χ1v) is 9.18. The Morgan fingerprint density at radius 1 is 0.909 bits per heavy atom. The van der Waals surface area contributed by atoms with Crippen LogP contribution in [0.25, 0.3) is 0 Å². The van der Waals surface area contributed by atoms with E-state index >= 15 is 0 Å². The maximum atomic E-state index is 12.8. The third-order valence-electron chi connectivity index (χ3n) is 3.69. The molecule has 116 valence electrons. The number of rotatable bonds is 2. The van der Waals surface area contributed by atoms with Crippen LogP contribution >= 0.6 is 34.8 Å². The standard InChI is InChI=1S/C15H12Cl3NO2S/c16-12-7-14(18)15(8-13(12)17)22(20,21)19-6-5-10-3-1-2-4-11(10)9-19/h1-4,7-8H,5-6,9H2. The van der Waals surface area contributed by atoms with Crippen molar-refractivity contribution in [1.82, 2.24) is 4.31 Å². The third-order valence-corrected chi connectivity index (χ3v) is 6.72. The first-order valence-electron chi connectivity index (χ1n) is 6.61. The van der Waals surface area contributed by atoms with Gasteiger partial charge in [-0.2, -0.15) is 4.31 Å². The van der Waals surface area contributed by atoms with Gasteiger partial charge in [0.05, 0.1) is 15.1 Å². The molecule has 0 fully saturated rings. The molecule has 2 aromatic carbocycles. The third kappa shape index (κ3) is 2.86. The topological polar surface area (TPSA) is 37.4 Å². The Kier molecular flexibility index (Phi) is 4.40. The second kappa shape index (κ2) is 6.02. The van der Waals surface area contributed by atoms with Gasteiger partial charge in [-0.3, -0.25) is 0 Å². The Morgan fingerprint density at radius 2 is 1.55 bits per heavy atom. The van der Waals surface area contributed by atoms with E-state index in [-0.39, 0.29) is 20.0 Å². The number of sulfonamides is 1. The first-order chi connectivity index (χ1) is 10.4. The highest BCUT2D eigenvalue weighted by atomic mass is 35.5. The van der Waals surface area contributed by atoms with Crippen LogP contribution in [0.3, 0.4) is 0 Å². The molecule has 0 spiro atoms. The lowest BCUT2D eigenvalue weighted by Crippen LogP contribution is -2.36. The summed E-state index contributed by atoms with van der Waals surface area (Å²) < 4.78 is 27.1. The predicted octanol–water partition coefficient (Wildman–Crippen LogP) is 4.39. The summed E-state index contributed by atoms with van der Waals surface area (Å²) in [7, 11) is -3.72. The molecule has 1 aliphatic heterocycles. The molecule has 0 atom stereocenters. The van der Waals surface area contributed by atoms with Gasteiger partial charge in [0, 0.05) is 13.1 Å². The molecule has 22 heavy (non-hydrogen) atoms. The monoisotopic (exact) mass is 375 g/mol. The zero-order chi connectivity index (χ0) is 15.9. The number of hydrogen-bond acceptors (Lipinski definition) is 2. The van der Waals surface area contributed by atoms with Crippen LogP contribution in [0.1, 0.15) is 11.1 Å². The summed E-state index contributed by atoms with van der Waals surface area (Å²) in [6, 6.07) is 10.5. The largest absolute Gasteiger partial charge is 0.244 e. The van der Waals surface area contributed by atoms with Crippen molar-refractivity contribution >= 4 is 44.8 Å². The van der Waals surface area contributed by atoms with Crippen molar-refractivity contribution < 1.29 is 8.42 Å². The Balaban J connectivity index is 2.00. The van der Waals surface area contributed by atoms with Crippen molar-refractivity contribution in [2.75, 3.05) is 6.54 Å². The van der Waals surface area contributed by atoms with Gasteiger partial charge >= 0.3 is 0 Å². The fourth-order valence-electron chi connectivity index (χ4n) is 2.52. The second-order valence-corrected chi connectivity index (χ2v) is 8.18. The quantitative estimate of drug-likeness (QED) is 0.729. The van der Waals surface area contributed by atoms with Crippen LogP contribution in [0.15, 0.2) is 41.3 Å². The Hall–Kier alpha value is -0.780. The lowest BCUT2D eigenvalue weighted by atomic mass is 10.0. The highest BCUT2D eigenvalue weighted by Gasteiger charge is 2.30. The minimum absolute atomic E-state index is 0.0112. The Morgan fingerprint density at radius 3 is 2.27 bits per heavy atom. The maximum absolute atomic E-state index is 12.8. The van der Waals surface area contributed by atoms with E-state index in [0.29, 0.717) is 19.5 Å². The van der Waals surface area contributed by atoms with Crippen molar-refractivity contribution in [3.8, 4) is 0 Å². The highest BCUT2D eigenvalue weighted by Crippen LogP contribution is 2.34. The van der Waals surface area contributed by atoms with Gasteiger partial charge in [-0.05, 0) is 29.7 Å². The van der Waals surface area contributed by atoms with Crippen LogP contribution in [0.5, 0.6) is 0 Å². The van der Waals surface area contributed by atoms with Crippen molar-refractivity contribution in [2.24, 2.45) is 0 Å². The average molecular weight is 377 g/mol. The van der Waals surface area contributed by atoms with E-state index in [9.17, 15) is 8.42 Å².